The van der Waals surface area contributed by atoms with Gasteiger partial charge in [0.2, 0.25) is 10.0 Å². The van der Waals surface area contributed by atoms with Crippen LogP contribution in [-0.2, 0) is 15.8 Å². The maximum absolute atomic E-state index is 12.2. The topological polar surface area (TPSA) is 94.9 Å². The molecule has 1 saturated heterocycles. The number of aromatic carboxylic acids is 1. The first kappa shape index (κ1) is 15.0. The predicted molar refractivity (Wildman–Crippen MR) is 72.8 cm³/mol. The number of carboxylic acids is 1. The van der Waals surface area contributed by atoms with E-state index in [1.165, 1.54) is 28.6 Å². The number of carboxylic acid groups (broad SMARTS) is 1. The number of nitrogens with zero attached hydrogens (tertiary/aromatic N) is 1. The van der Waals surface area contributed by atoms with E-state index in [-0.39, 0.29) is 11.3 Å². The number of aliphatic hydroxyl groups excluding tert-OH is 1. The molecule has 0 atom stereocenters. The molecule has 0 aliphatic carbocycles. The fourth-order valence-electron chi connectivity index (χ4n) is 2.17. The van der Waals surface area contributed by atoms with Crippen LogP contribution in [0.4, 0.5) is 0 Å². The second-order valence-electron chi connectivity index (χ2n) is 4.89. The van der Waals surface area contributed by atoms with Crippen molar-refractivity contribution >= 4 is 16.0 Å². The zero-order chi connectivity index (χ0) is 14.8. The van der Waals surface area contributed by atoms with Crippen LogP contribution in [-0.4, -0.2) is 48.1 Å². The number of benzene rings is 1. The van der Waals surface area contributed by atoms with Gasteiger partial charge in [-0.05, 0) is 30.5 Å². The Morgan fingerprint density at radius 2 is 1.75 bits per heavy atom. The van der Waals surface area contributed by atoms with E-state index in [2.05, 4.69) is 0 Å². The van der Waals surface area contributed by atoms with Gasteiger partial charge in [0.15, 0.2) is 0 Å². The van der Waals surface area contributed by atoms with Crippen molar-refractivity contribution < 1.29 is 23.4 Å². The molecule has 6 nitrogen and oxygen atoms in total. The molecule has 0 bridgehead atoms. The molecule has 1 aliphatic heterocycles. The summed E-state index contributed by atoms with van der Waals surface area (Å²) < 4.78 is 25.8. The summed E-state index contributed by atoms with van der Waals surface area (Å²) in [6.07, 6.45) is 0.491. The quantitative estimate of drug-likeness (QED) is 0.852. The van der Waals surface area contributed by atoms with Crippen LogP contribution in [0.25, 0.3) is 0 Å². The fraction of sp³-hybridized carbons (Fsp3) is 0.462. The molecule has 0 radical (unpaired) electrons. The molecule has 1 heterocycles. The van der Waals surface area contributed by atoms with E-state index in [0.717, 1.165) is 0 Å². The molecule has 1 aromatic carbocycles. The van der Waals surface area contributed by atoms with Crippen molar-refractivity contribution in [2.24, 2.45) is 0 Å². The summed E-state index contributed by atoms with van der Waals surface area (Å²) in [6.45, 7) is 0.660. The average molecular weight is 299 g/mol. The highest BCUT2D eigenvalue weighted by Crippen LogP contribution is 2.17. The van der Waals surface area contributed by atoms with E-state index in [1.54, 1.807) is 0 Å². The number of hydrogen-bond donors (Lipinski definition) is 2. The van der Waals surface area contributed by atoms with Gasteiger partial charge in [-0.25, -0.2) is 17.5 Å². The van der Waals surface area contributed by atoms with Gasteiger partial charge in [0.25, 0.3) is 0 Å². The highest BCUT2D eigenvalue weighted by atomic mass is 32.2. The van der Waals surface area contributed by atoms with Gasteiger partial charge in [-0.3, -0.25) is 0 Å². The molecule has 2 N–H and O–H groups in total. The number of sulfonamides is 1. The first-order valence-electron chi connectivity index (χ1n) is 6.36. The van der Waals surface area contributed by atoms with Gasteiger partial charge in [0.1, 0.15) is 0 Å². The Balaban J connectivity index is 2.06. The van der Waals surface area contributed by atoms with Crippen molar-refractivity contribution in [2.75, 3.05) is 13.1 Å². The molecule has 7 heteroatoms. The van der Waals surface area contributed by atoms with Crippen molar-refractivity contribution in [1.29, 1.82) is 0 Å². The van der Waals surface area contributed by atoms with E-state index < -0.39 is 22.1 Å². The van der Waals surface area contributed by atoms with E-state index in [4.69, 9.17) is 5.11 Å². The Morgan fingerprint density at radius 1 is 1.20 bits per heavy atom. The Labute approximate surface area is 117 Å². The van der Waals surface area contributed by atoms with Crippen LogP contribution >= 0.6 is 0 Å². The number of piperidine rings is 1. The van der Waals surface area contributed by atoms with Gasteiger partial charge in [0.05, 0.1) is 17.4 Å². The van der Waals surface area contributed by atoms with E-state index in [0.29, 0.717) is 31.5 Å². The molecule has 110 valence electrons. The van der Waals surface area contributed by atoms with Gasteiger partial charge >= 0.3 is 5.97 Å². The molecule has 0 amide bonds. The summed E-state index contributed by atoms with van der Waals surface area (Å²) in [6, 6.07) is 5.82. The van der Waals surface area contributed by atoms with E-state index in [9.17, 15) is 18.3 Å². The van der Waals surface area contributed by atoms with Gasteiger partial charge < -0.3 is 10.2 Å². The lowest BCUT2D eigenvalue weighted by Gasteiger charge is -2.28. The molecule has 1 fully saturated rings. The molecule has 1 aromatic rings. The number of carbonyl (C=O) groups is 1. The predicted octanol–water partition coefficient (Wildman–Crippen LogP) is 0.671. The number of hydrogen-bond acceptors (Lipinski definition) is 4. The van der Waals surface area contributed by atoms with Crippen LogP contribution in [0.2, 0.25) is 0 Å². The summed E-state index contributed by atoms with van der Waals surface area (Å²) in [5, 5.41) is 18.2. The third-order valence-electron chi connectivity index (χ3n) is 3.37. The minimum atomic E-state index is -3.42. The summed E-state index contributed by atoms with van der Waals surface area (Å²) in [7, 11) is -3.42. The van der Waals surface area contributed by atoms with Crippen molar-refractivity contribution in [1.82, 2.24) is 4.31 Å². The van der Waals surface area contributed by atoms with Crippen LogP contribution in [0.5, 0.6) is 0 Å². The van der Waals surface area contributed by atoms with Gasteiger partial charge in [-0.1, -0.05) is 12.1 Å². The first-order chi connectivity index (χ1) is 9.38. The Bertz CT molecular complexity index is 573. The lowest BCUT2D eigenvalue weighted by Crippen LogP contribution is -2.40. The second-order valence-corrected chi connectivity index (χ2v) is 6.86. The Morgan fingerprint density at radius 3 is 2.25 bits per heavy atom. The SMILES string of the molecule is O=C(O)c1ccc(CS(=O)(=O)N2CCC(O)CC2)cc1. The van der Waals surface area contributed by atoms with Crippen molar-refractivity contribution in [3.63, 3.8) is 0 Å². The van der Waals surface area contributed by atoms with Crippen molar-refractivity contribution in [2.45, 2.75) is 24.7 Å². The van der Waals surface area contributed by atoms with E-state index in [1.807, 2.05) is 0 Å². The number of rotatable bonds is 4. The smallest absolute Gasteiger partial charge is 0.335 e. The highest BCUT2D eigenvalue weighted by molar-refractivity contribution is 7.88. The summed E-state index contributed by atoms with van der Waals surface area (Å²) in [4.78, 5) is 10.7. The molecule has 0 aromatic heterocycles. The van der Waals surface area contributed by atoms with Gasteiger partial charge in [-0.15, -0.1) is 0 Å². The minimum Gasteiger partial charge on any atom is -0.478 e. The largest absolute Gasteiger partial charge is 0.478 e. The molecule has 0 unspecified atom stereocenters. The average Bonchev–Trinajstić information content (AvgIpc) is 2.39. The lowest BCUT2D eigenvalue weighted by atomic mass is 10.1. The third kappa shape index (κ3) is 3.56. The first-order valence-corrected chi connectivity index (χ1v) is 7.97. The van der Waals surface area contributed by atoms with Crippen LogP contribution in [0.3, 0.4) is 0 Å². The van der Waals surface area contributed by atoms with Crippen molar-refractivity contribution in [3.05, 3.63) is 35.4 Å². The van der Waals surface area contributed by atoms with Crippen LogP contribution in [0, 0.1) is 0 Å². The molecular formula is C13H17NO5S. The zero-order valence-electron chi connectivity index (χ0n) is 10.9. The maximum Gasteiger partial charge on any atom is 0.335 e. The third-order valence-corrected chi connectivity index (χ3v) is 5.22. The Hall–Kier alpha value is -1.44. The van der Waals surface area contributed by atoms with Crippen LogP contribution in [0.1, 0.15) is 28.8 Å². The van der Waals surface area contributed by atoms with E-state index >= 15 is 0 Å². The number of aliphatic hydroxyl groups is 1. The monoisotopic (exact) mass is 299 g/mol. The maximum atomic E-state index is 12.2. The molecule has 0 saturated carbocycles. The van der Waals surface area contributed by atoms with Gasteiger partial charge in [-0.2, -0.15) is 0 Å². The highest BCUT2D eigenvalue weighted by Gasteiger charge is 2.27. The molecule has 1 aliphatic rings. The fourth-order valence-corrected chi connectivity index (χ4v) is 3.73. The summed E-state index contributed by atoms with van der Waals surface area (Å²) in [5.74, 6) is -1.19. The molecule has 20 heavy (non-hydrogen) atoms. The second kappa shape index (κ2) is 5.90. The molecule has 0 spiro atoms. The summed E-state index contributed by atoms with van der Waals surface area (Å²) in [5.41, 5.74) is 0.688. The zero-order valence-corrected chi connectivity index (χ0v) is 11.7. The normalized spacial score (nSPS) is 18.1. The molecule has 2 rings (SSSR count). The van der Waals surface area contributed by atoms with Crippen LogP contribution in [0.15, 0.2) is 24.3 Å². The minimum absolute atomic E-state index is 0.132. The van der Waals surface area contributed by atoms with Crippen LogP contribution < -0.4 is 0 Å². The summed E-state index contributed by atoms with van der Waals surface area (Å²) >= 11 is 0. The lowest BCUT2D eigenvalue weighted by molar-refractivity contribution is 0.0697. The van der Waals surface area contributed by atoms with Gasteiger partial charge in [0, 0.05) is 13.1 Å². The Kier molecular flexibility index (Phi) is 4.42. The van der Waals surface area contributed by atoms with Crippen molar-refractivity contribution in [3.8, 4) is 0 Å². The standard InChI is InChI=1S/C13H17NO5S/c15-12-5-7-14(8-6-12)20(18,19)9-10-1-3-11(4-2-10)13(16)17/h1-4,12,15H,5-9H2,(H,16,17). The molecular weight excluding hydrogens is 282 g/mol.